The molecule has 1 unspecified atom stereocenters. The average Bonchev–Trinajstić information content (AvgIpc) is 3.17. The predicted octanol–water partition coefficient (Wildman–Crippen LogP) is 2.44. The van der Waals surface area contributed by atoms with Crippen LogP contribution in [0.5, 0.6) is 0 Å². The number of anilines is 1. The molecule has 1 aromatic rings. The zero-order chi connectivity index (χ0) is 12.4. The summed E-state index contributed by atoms with van der Waals surface area (Å²) < 4.78 is 0. The molecule has 3 heteroatoms. The van der Waals surface area contributed by atoms with E-state index in [9.17, 15) is 0 Å². The molecule has 0 aromatic carbocycles. The number of rotatable bonds is 4. The van der Waals surface area contributed by atoms with Gasteiger partial charge in [-0.1, -0.05) is 6.92 Å². The zero-order valence-electron chi connectivity index (χ0n) is 11.2. The lowest BCUT2D eigenvalue weighted by molar-refractivity contribution is 0.383. The molecule has 1 saturated heterocycles. The van der Waals surface area contributed by atoms with Gasteiger partial charge < -0.3 is 10.2 Å². The smallest absolute Gasteiger partial charge is 0.0553 e. The maximum absolute atomic E-state index is 4.22. The summed E-state index contributed by atoms with van der Waals surface area (Å²) in [6, 6.07) is 4.84. The van der Waals surface area contributed by atoms with E-state index in [1.54, 1.807) is 0 Å². The lowest BCUT2D eigenvalue weighted by Gasteiger charge is -2.35. The van der Waals surface area contributed by atoms with Crippen LogP contribution >= 0.6 is 0 Å². The van der Waals surface area contributed by atoms with Crippen LogP contribution in [0.15, 0.2) is 24.5 Å². The zero-order valence-corrected chi connectivity index (χ0v) is 11.2. The van der Waals surface area contributed by atoms with E-state index in [0.717, 1.165) is 6.54 Å². The highest BCUT2D eigenvalue weighted by Gasteiger charge is 2.37. The molecule has 2 fully saturated rings. The van der Waals surface area contributed by atoms with Gasteiger partial charge in [-0.25, -0.2) is 0 Å². The minimum Gasteiger partial charge on any atom is -0.369 e. The van der Waals surface area contributed by atoms with Crippen LogP contribution in [-0.2, 0) is 0 Å². The molecule has 2 aliphatic rings. The number of aromatic nitrogens is 1. The first-order chi connectivity index (χ1) is 8.75. The highest BCUT2D eigenvalue weighted by Crippen LogP contribution is 2.44. The van der Waals surface area contributed by atoms with E-state index in [4.69, 9.17) is 0 Å². The van der Waals surface area contributed by atoms with Crippen molar-refractivity contribution in [3.63, 3.8) is 0 Å². The van der Waals surface area contributed by atoms with Crippen molar-refractivity contribution in [2.75, 3.05) is 24.5 Å². The third kappa shape index (κ3) is 2.83. The molecular weight excluding hydrogens is 222 g/mol. The second-order valence-corrected chi connectivity index (χ2v) is 6.19. The van der Waals surface area contributed by atoms with E-state index in [-0.39, 0.29) is 0 Å². The van der Waals surface area contributed by atoms with Crippen molar-refractivity contribution in [2.45, 2.75) is 38.6 Å². The summed E-state index contributed by atoms with van der Waals surface area (Å²) in [4.78, 5) is 6.68. The number of pyridine rings is 1. The van der Waals surface area contributed by atoms with E-state index in [2.05, 4.69) is 28.2 Å². The van der Waals surface area contributed by atoms with Crippen LogP contribution in [0.3, 0.4) is 0 Å². The maximum Gasteiger partial charge on any atom is 0.0553 e. The number of hydrogen-bond acceptors (Lipinski definition) is 3. The molecule has 2 heterocycles. The van der Waals surface area contributed by atoms with E-state index >= 15 is 0 Å². The summed E-state index contributed by atoms with van der Waals surface area (Å²) in [5.41, 5.74) is 1.87. The van der Waals surface area contributed by atoms with Gasteiger partial charge >= 0.3 is 0 Å². The first-order valence-corrected chi connectivity index (χ1v) is 7.14. The summed E-state index contributed by atoms with van der Waals surface area (Å²) in [6.07, 6.45) is 9.22. The quantitative estimate of drug-likeness (QED) is 0.883. The van der Waals surface area contributed by atoms with Crippen molar-refractivity contribution >= 4 is 5.69 Å². The Hall–Kier alpha value is -1.09. The minimum atomic E-state index is 0.608. The highest BCUT2D eigenvalue weighted by atomic mass is 15.2. The maximum atomic E-state index is 4.22. The Bertz CT molecular complexity index is 386. The Kier molecular flexibility index (Phi) is 3.25. The molecule has 0 radical (unpaired) electrons. The van der Waals surface area contributed by atoms with E-state index in [0.29, 0.717) is 11.5 Å². The Morgan fingerprint density at radius 3 is 3.11 bits per heavy atom. The van der Waals surface area contributed by atoms with Crippen molar-refractivity contribution in [2.24, 2.45) is 5.41 Å². The molecule has 3 rings (SSSR count). The second-order valence-electron chi connectivity index (χ2n) is 6.19. The predicted molar refractivity (Wildman–Crippen MR) is 74.8 cm³/mol. The molecule has 1 saturated carbocycles. The third-order valence-electron chi connectivity index (χ3n) is 4.35. The monoisotopic (exact) mass is 245 g/mol. The van der Waals surface area contributed by atoms with Gasteiger partial charge in [0.2, 0.25) is 0 Å². The van der Waals surface area contributed by atoms with Crippen LogP contribution in [-0.4, -0.2) is 30.7 Å². The fourth-order valence-electron chi connectivity index (χ4n) is 2.70. The van der Waals surface area contributed by atoms with E-state index < -0.39 is 0 Å². The van der Waals surface area contributed by atoms with Crippen LogP contribution in [0.2, 0.25) is 0 Å². The van der Waals surface area contributed by atoms with E-state index in [1.165, 1.54) is 44.5 Å². The Morgan fingerprint density at radius 2 is 2.39 bits per heavy atom. The summed E-state index contributed by atoms with van der Waals surface area (Å²) in [7, 11) is 0. The number of nitrogens with one attached hydrogen (secondary N) is 1. The number of hydrogen-bond donors (Lipinski definition) is 1. The van der Waals surface area contributed by atoms with Crippen molar-refractivity contribution in [3.05, 3.63) is 24.5 Å². The van der Waals surface area contributed by atoms with Crippen LogP contribution in [0.4, 0.5) is 5.69 Å². The fraction of sp³-hybridized carbons (Fsp3) is 0.667. The van der Waals surface area contributed by atoms with Crippen LogP contribution < -0.4 is 10.2 Å². The van der Waals surface area contributed by atoms with Gasteiger partial charge in [0.25, 0.3) is 0 Å². The second kappa shape index (κ2) is 4.88. The van der Waals surface area contributed by atoms with Gasteiger partial charge in [0.15, 0.2) is 0 Å². The average molecular weight is 245 g/mol. The normalized spacial score (nSPS) is 26.1. The van der Waals surface area contributed by atoms with Gasteiger partial charge in [0.05, 0.1) is 11.9 Å². The standard InChI is InChI=1S/C15H23N3/c1-15(6-7-15)12-17-13-4-3-9-18(11-13)14-5-2-8-16-10-14/h2,5,8,10,13,17H,3-4,6-7,9,11-12H2,1H3. The van der Waals surface area contributed by atoms with E-state index in [1.807, 2.05) is 18.5 Å². The van der Waals surface area contributed by atoms with Crippen molar-refractivity contribution in [1.82, 2.24) is 10.3 Å². The molecule has 3 nitrogen and oxygen atoms in total. The minimum absolute atomic E-state index is 0.608. The molecule has 1 aliphatic heterocycles. The number of piperidine rings is 1. The van der Waals surface area contributed by atoms with Gasteiger partial charge in [-0.3, -0.25) is 4.98 Å². The van der Waals surface area contributed by atoms with Gasteiger partial charge in [0, 0.05) is 31.9 Å². The summed E-state index contributed by atoms with van der Waals surface area (Å²) >= 11 is 0. The largest absolute Gasteiger partial charge is 0.369 e. The lowest BCUT2D eigenvalue weighted by Crippen LogP contribution is -2.47. The Labute approximate surface area is 110 Å². The van der Waals surface area contributed by atoms with Crippen molar-refractivity contribution in [1.29, 1.82) is 0 Å². The summed E-state index contributed by atoms with van der Waals surface area (Å²) in [5.74, 6) is 0. The van der Waals surface area contributed by atoms with Crippen LogP contribution in [0.25, 0.3) is 0 Å². The molecule has 1 aromatic heterocycles. The van der Waals surface area contributed by atoms with Gasteiger partial charge in [-0.2, -0.15) is 0 Å². The molecule has 98 valence electrons. The van der Waals surface area contributed by atoms with Crippen LogP contribution in [0, 0.1) is 5.41 Å². The SMILES string of the molecule is CC1(CNC2CCCN(c3cccnc3)C2)CC1. The summed E-state index contributed by atoms with van der Waals surface area (Å²) in [6.45, 7) is 5.88. The molecule has 1 N–H and O–H groups in total. The Balaban J connectivity index is 1.55. The molecule has 18 heavy (non-hydrogen) atoms. The molecule has 1 aliphatic carbocycles. The third-order valence-corrected chi connectivity index (χ3v) is 4.35. The molecule has 0 spiro atoms. The molecule has 1 atom stereocenters. The van der Waals surface area contributed by atoms with Crippen LogP contribution in [0.1, 0.15) is 32.6 Å². The van der Waals surface area contributed by atoms with Gasteiger partial charge in [-0.15, -0.1) is 0 Å². The topological polar surface area (TPSA) is 28.2 Å². The molecule has 0 bridgehead atoms. The highest BCUT2D eigenvalue weighted by molar-refractivity contribution is 5.44. The number of nitrogens with zero attached hydrogens (tertiary/aromatic N) is 2. The molecular formula is C15H23N3. The first-order valence-electron chi connectivity index (χ1n) is 7.14. The van der Waals surface area contributed by atoms with Gasteiger partial charge in [0.1, 0.15) is 0 Å². The van der Waals surface area contributed by atoms with Crippen molar-refractivity contribution < 1.29 is 0 Å². The lowest BCUT2D eigenvalue weighted by atomic mass is 10.0. The molecule has 0 amide bonds. The van der Waals surface area contributed by atoms with Crippen molar-refractivity contribution in [3.8, 4) is 0 Å². The fourth-order valence-corrected chi connectivity index (χ4v) is 2.70. The first kappa shape index (κ1) is 12.0. The van der Waals surface area contributed by atoms with Gasteiger partial charge in [-0.05, 0) is 43.2 Å². The Morgan fingerprint density at radius 1 is 1.50 bits per heavy atom. The summed E-state index contributed by atoms with van der Waals surface area (Å²) in [5, 5.41) is 3.76.